The van der Waals surface area contributed by atoms with Crippen molar-refractivity contribution in [1.82, 2.24) is 20.4 Å². The van der Waals surface area contributed by atoms with Gasteiger partial charge in [0.05, 0.1) is 13.0 Å². The van der Waals surface area contributed by atoms with Gasteiger partial charge >= 0.3 is 5.97 Å². The Morgan fingerprint density at radius 2 is 2.44 bits per heavy atom. The van der Waals surface area contributed by atoms with E-state index >= 15 is 0 Å². The minimum Gasteiger partial charge on any atom is -0.469 e. The lowest BCUT2D eigenvalue weighted by Gasteiger charge is -2.11. The van der Waals surface area contributed by atoms with Crippen molar-refractivity contribution in [1.29, 1.82) is 0 Å². The van der Waals surface area contributed by atoms with Crippen molar-refractivity contribution >= 4 is 17.1 Å². The van der Waals surface area contributed by atoms with Crippen molar-refractivity contribution in [2.24, 2.45) is 5.73 Å². The maximum atomic E-state index is 11.4. The third kappa shape index (κ3) is 1.72. The van der Waals surface area contributed by atoms with E-state index in [1.54, 1.807) is 12.3 Å². The predicted octanol–water partition coefficient (Wildman–Crippen LogP) is -0.432. The van der Waals surface area contributed by atoms with Gasteiger partial charge in [0.2, 0.25) is 5.65 Å². The minimum atomic E-state index is -0.515. The Bertz CT molecular complexity index is 509. The van der Waals surface area contributed by atoms with Crippen LogP contribution in [0, 0.1) is 0 Å². The summed E-state index contributed by atoms with van der Waals surface area (Å²) in [6, 6.07) is 1.72. The SMILES string of the molecule is COC(=O)C(CN)c1cnc2n[nH]nc2c1. The highest BCUT2D eigenvalue weighted by Crippen LogP contribution is 2.17. The van der Waals surface area contributed by atoms with Crippen molar-refractivity contribution in [2.75, 3.05) is 13.7 Å². The summed E-state index contributed by atoms with van der Waals surface area (Å²) in [5.74, 6) is -0.897. The van der Waals surface area contributed by atoms with Crippen LogP contribution in [0.3, 0.4) is 0 Å². The van der Waals surface area contributed by atoms with Crippen molar-refractivity contribution in [2.45, 2.75) is 5.92 Å². The highest BCUT2D eigenvalue weighted by atomic mass is 16.5. The largest absolute Gasteiger partial charge is 0.469 e. The number of carbonyl (C=O) groups excluding carboxylic acids is 1. The summed E-state index contributed by atoms with van der Waals surface area (Å²) >= 11 is 0. The summed E-state index contributed by atoms with van der Waals surface area (Å²) < 4.78 is 4.66. The van der Waals surface area contributed by atoms with Gasteiger partial charge in [-0.2, -0.15) is 10.3 Å². The molecule has 7 nitrogen and oxygen atoms in total. The number of carbonyl (C=O) groups is 1. The van der Waals surface area contributed by atoms with Gasteiger partial charge in [0.25, 0.3) is 0 Å². The van der Waals surface area contributed by atoms with Gasteiger partial charge in [-0.05, 0) is 11.6 Å². The molecule has 0 aliphatic carbocycles. The van der Waals surface area contributed by atoms with E-state index in [1.165, 1.54) is 7.11 Å². The first-order valence-corrected chi connectivity index (χ1v) is 4.70. The fourth-order valence-corrected chi connectivity index (χ4v) is 1.46. The van der Waals surface area contributed by atoms with Gasteiger partial charge in [0.15, 0.2) is 0 Å². The van der Waals surface area contributed by atoms with Crippen LogP contribution in [0.15, 0.2) is 12.3 Å². The lowest BCUT2D eigenvalue weighted by Crippen LogP contribution is -2.22. The van der Waals surface area contributed by atoms with Gasteiger partial charge < -0.3 is 10.5 Å². The van der Waals surface area contributed by atoms with Crippen LogP contribution in [-0.2, 0) is 9.53 Å². The molecule has 0 saturated carbocycles. The third-order valence-electron chi connectivity index (χ3n) is 2.32. The molecule has 2 aromatic heterocycles. The van der Waals surface area contributed by atoms with Crippen LogP contribution >= 0.6 is 0 Å². The molecule has 2 heterocycles. The van der Waals surface area contributed by atoms with E-state index in [2.05, 4.69) is 25.1 Å². The molecule has 0 radical (unpaired) electrons. The molecule has 0 bridgehead atoms. The first-order chi connectivity index (χ1) is 7.76. The third-order valence-corrected chi connectivity index (χ3v) is 2.32. The van der Waals surface area contributed by atoms with Crippen LogP contribution < -0.4 is 5.73 Å². The molecular formula is C9H11N5O2. The van der Waals surface area contributed by atoms with E-state index in [4.69, 9.17) is 5.73 Å². The number of H-pyrrole nitrogens is 1. The highest BCUT2D eigenvalue weighted by Gasteiger charge is 2.20. The highest BCUT2D eigenvalue weighted by molar-refractivity contribution is 5.80. The maximum absolute atomic E-state index is 11.4. The van der Waals surface area contributed by atoms with Crippen molar-refractivity contribution in [3.63, 3.8) is 0 Å². The second kappa shape index (κ2) is 4.23. The van der Waals surface area contributed by atoms with Crippen LogP contribution in [0.1, 0.15) is 11.5 Å². The summed E-state index contributed by atoms with van der Waals surface area (Å²) in [5, 5.41) is 10.2. The van der Waals surface area contributed by atoms with Gasteiger partial charge in [0.1, 0.15) is 5.52 Å². The molecule has 0 fully saturated rings. The van der Waals surface area contributed by atoms with Gasteiger partial charge in [-0.3, -0.25) is 4.79 Å². The normalized spacial score (nSPS) is 12.6. The predicted molar refractivity (Wildman–Crippen MR) is 55.5 cm³/mol. The number of aromatic nitrogens is 4. The quantitative estimate of drug-likeness (QED) is 0.681. The Hall–Kier alpha value is -2.02. The zero-order valence-electron chi connectivity index (χ0n) is 8.67. The number of nitrogens with zero attached hydrogens (tertiary/aromatic N) is 3. The van der Waals surface area contributed by atoms with Crippen LogP contribution in [0.25, 0.3) is 11.2 Å². The van der Waals surface area contributed by atoms with Gasteiger partial charge in [-0.1, -0.05) is 0 Å². The molecule has 1 unspecified atom stereocenters. The van der Waals surface area contributed by atoms with Crippen molar-refractivity contribution < 1.29 is 9.53 Å². The Labute approximate surface area is 91.0 Å². The fourth-order valence-electron chi connectivity index (χ4n) is 1.46. The smallest absolute Gasteiger partial charge is 0.314 e. The Balaban J connectivity index is 2.40. The maximum Gasteiger partial charge on any atom is 0.314 e. The lowest BCUT2D eigenvalue weighted by atomic mass is 10.0. The average Bonchev–Trinajstić information content (AvgIpc) is 2.77. The first-order valence-electron chi connectivity index (χ1n) is 4.70. The van der Waals surface area contributed by atoms with Gasteiger partial charge in [0, 0.05) is 12.7 Å². The summed E-state index contributed by atoms with van der Waals surface area (Å²) in [7, 11) is 1.33. The molecule has 0 aromatic carbocycles. The molecule has 0 amide bonds. The average molecular weight is 221 g/mol. The molecular weight excluding hydrogens is 210 g/mol. The van der Waals surface area contributed by atoms with Gasteiger partial charge in [-0.15, -0.1) is 5.10 Å². The number of hydrogen-bond donors (Lipinski definition) is 2. The molecule has 2 aromatic rings. The van der Waals surface area contributed by atoms with E-state index in [-0.39, 0.29) is 12.5 Å². The zero-order valence-corrected chi connectivity index (χ0v) is 8.67. The molecule has 0 spiro atoms. The molecule has 0 aliphatic rings. The Morgan fingerprint density at radius 1 is 1.62 bits per heavy atom. The molecule has 0 aliphatic heterocycles. The number of aromatic amines is 1. The number of esters is 1. The molecule has 2 rings (SSSR count). The van der Waals surface area contributed by atoms with Crippen molar-refractivity contribution in [3.05, 3.63) is 17.8 Å². The second-order valence-electron chi connectivity index (χ2n) is 3.25. The molecule has 16 heavy (non-hydrogen) atoms. The topological polar surface area (TPSA) is 107 Å². The van der Waals surface area contributed by atoms with Crippen LogP contribution in [0.5, 0.6) is 0 Å². The molecule has 0 saturated heterocycles. The molecule has 7 heteroatoms. The van der Waals surface area contributed by atoms with Crippen LogP contribution in [0.2, 0.25) is 0 Å². The summed E-state index contributed by atoms with van der Waals surface area (Å²) in [4.78, 5) is 15.5. The van der Waals surface area contributed by atoms with E-state index < -0.39 is 5.92 Å². The van der Waals surface area contributed by atoms with E-state index in [0.29, 0.717) is 16.7 Å². The van der Waals surface area contributed by atoms with Crippen LogP contribution in [-0.4, -0.2) is 40.0 Å². The number of methoxy groups -OCH3 is 1. The molecule has 1 atom stereocenters. The minimum absolute atomic E-state index is 0.164. The fraction of sp³-hybridized carbons (Fsp3) is 0.333. The lowest BCUT2D eigenvalue weighted by molar-refractivity contribution is -0.142. The number of nitrogens with one attached hydrogen (secondary N) is 1. The van der Waals surface area contributed by atoms with Gasteiger partial charge in [-0.25, -0.2) is 4.98 Å². The molecule has 3 N–H and O–H groups in total. The number of ether oxygens (including phenoxy) is 1. The monoisotopic (exact) mass is 221 g/mol. The van der Waals surface area contributed by atoms with E-state index in [0.717, 1.165) is 0 Å². The summed E-state index contributed by atoms with van der Waals surface area (Å²) in [6.07, 6.45) is 1.55. The number of rotatable bonds is 3. The van der Waals surface area contributed by atoms with Crippen LogP contribution in [0.4, 0.5) is 0 Å². The number of pyridine rings is 1. The number of hydrogen-bond acceptors (Lipinski definition) is 6. The zero-order chi connectivity index (χ0) is 11.5. The summed E-state index contributed by atoms with van der Waals surface area (Å²) in [5.41, 5.74) is 7.31. The summed E-state index contributed by atoms with van der Waals surface area (Å²) in [6.45, 7) is 0.164. The first kappa shape index (κ1) is 10.5. The second-order valence-corrected chi connectivity index (χ2v) is 3.25. The number of nitrogens with two attached hydrogens (primary N) is 1. The van der Waals surface area contributed by atoms with Crippen molar-refractivity contribution in [3.8, 4) is 0 Å². The standard InChI is InChI=1S/C9H11N5O2/c1-16-9(15)6(3-10)5-2-7-8(11-4-5)13-14-12-7/h2,4,6H,3,10H2,1H3,(H,11,12,13,14). The Morgan fingerprint density at radius 3 is 3.12 bits per heavy atom. The Kier molecular flexibility index (Phi) is 2.78. The van der Waals surface area contributed by atoms with E-state index in [9.17, 15) is 4.79 Å². The number of fused-ring (bicyclic) bond motifs is 1. The molecule has 84 valence electrons. The van der Waals surface area contributed by atoms with E-state index in [1.807, 2.05) is 0 Å².